The highest BCUT2D eigenvalue weighted by Crippen LogP contribution is 2.14. The third-order valence-electron chi connectivity index (χ3n) is 8.36. The van der Waals surface area contributed by atoms with Crippen molar-refractivity contribution in [3.05, 3.63) is 12.3 Å². The fourth-order valence-electron chi connectivity index (χ4n) is 5.41. The van der Waals surface area contributed by atoms with Crippen molar-refractivity contribution in [3.8, 4) is 0 Å². The molecule has 0 aromatic rings. The van der Waals surface area contributed by atoms with Crippen LogP contribution in [0.2, 0.25) is 0 Å². The number of unbranched alkanes of at least 4 members (excludes halogenated alkanes) is 8. The smallest absolute Gasteiger partial charge is 0.243 e. The van der Waals surface area contributed by atoms with Crippen LogP contribution in [-0.2, 0) is 19.2 Å². The van der Waals surface area contributed by atoms with E-state index in [0.29, 0.717) is 63.7 Å². The highest BCUT2D eigenvalue weighted by molar-refractivity contribution is 6.64. The molecule has 0 saturated carbocycles. The zero-order valence-electron chi connectivity index (χ0n) is 31.3. The van der Waals surface area contributed by atoms with Crippen molar-refractivity contribution in [2.75, 3.05) is 19.6 Å². The third kappa shape index (κ3) is 24.3. The van der Waals surface area contributed by atoms with Crippen molar-refractivity contribution in [1.29, 1.82) is 0 Å². The van der Waals surface area contributed by atoms with Gasteiger partial charge < -0.3 is 49.9 Å². The molecule has 3 amide bonds. The number of carbonyl (C=O) groups is 4. The van der Waals surface area contributed by atoms with Crippen LogP contribution in [0, 0.1) is 5.92 Å². The molecule has 0 radical (unpaired) electrons. The van der Waals surface area contributed by atoms with Crippen LogP contribution in [-0.4, -0.2) is 78.7 Å². The molecule has 16 heteroatoms. The molecular formula is C35H68ClN11O4. The van der Waals surface area contributed by atoms with Crippen LogP contribution < -0.4 is 49.9 Å². The zero-order chi connectivity index (χ0) is 38.6. The first-order chi connectivity index (χ1) is 24.2. The van der Waals surface area contributed by atoms with E-state index < -0.39 is 41.2 Å². The topological polar surface area (TPSA) is 271 Å². The molecule has 0 heterocycles. The number of hydrogen-bond donors (Lipinski definition) is 9. The molecule has 0 aliphatic rings. The minimum atomic E-state index is -0.933. The van der Waals surface area contributed by atoms with Crippen LogP contribution in [0.3, 0.4) is 0 Å². The molecule has 0 spiro atoms. The molecular weight excluding hydrogens is 674 g/mol. The molecule has 0 rings (SSSR count). The summed E-state index contributed by atoms with van der Waals surface area (Å²) in [6, 6.07) is -3.20. The fraction of sp³-hybridized carbons (Fsp3) is 0.771. The Kier molecular flexibility index (Phi) is 27.0. The highest BCUT2D eigenvalue weighted by Gasteiger charge is 2.31. The van der Waals surface area contributed by atoms with Gasteiger partial charge >= 0.3 is 0 Å². The van der Waals surface area contributed by atoms with Gasteiger partial charge in [0, 0.05) is 25.2 Å². The zero-order valence-corrected chi connectivity index (χ0v) is 32.1. The monoisotopic (exact) mass is 742 g/mol. The summed E-state index contributed by atoms with van der Waals surface area (Å²) in [6.45, 7) is 11.0. The summed E-state index contributed by atoms with van der Waals surface area (Å²) in [5, 5.41) is 11.2. The van der Waals surface area contributed by atoms with Gasteiger partial charge in [0.25, 0.3) is 0 Å². The van der Waals surface area contributed by atoms with Crippen molar-refractivity contribution >= 4 is 46.5 Å². The molecule has 0 aromatic heterocycles. The molecule has 4 atom stereocenters. The Hall–Kier alpha value is -3.59. The Balaban J connectivity index is 5.66. The molecule has 0 saturated heterocycles. The lowest BCUT2D eigenvalue weighted by atomic mass is 10.00. The van der Waals surface area contributed by atoms with Gasteiger partial charge in [0.2, 0.25) is 23.0 Å². The largest absolute Gasteiger partial charge is 0.376 e. The number of hydrogen-bond acceptors (Lipinski definition) is 8. The Morgan fingerprint density at radius 1 is 0.647 bits per heavy atom. The average Bonchev–Trinajstić information content (AvgIpc) is 3.06. The summed E-state index contributed by atoms with van der Waals surface area (Å²) in [5.41, 5.74) is 27.8. The normalized spacial score (nSPS) is 13.3. The molecule has 0 bridgehead atoms. The van der Waals surface area contributed by atoms with Crippen LogP contribution >= 0.6 is 11.6 Å². The number of nitrogens with two attached hydrogens (primary N) is 5. The lowest BCUT2D eigenvalue weighted by molar-refractivity contribution is -0.133. The van der Waals surface area contributed by atoms with Crippen LogP contribution in [0.4, 0.5) is 0 Å². The first kappa shape index (κ1) is 47.4. The molecule has 14 N–H and O–H groups in total. The second-order valence-electron chi connectivity index (χ2n) is 13.3. The maximum atomic E-state index is 13.7. The van der Waals surface area contributed by atoms with E-state index in [-0.39, 0.29) is 36.7 Å². The number of amides is 3. The van der Waals surface area contributed by atoms with Gasteiger partial charge in [-0.2, -0.15) is 0 Å². The van der Waals surface area contributed by atoms with E-state index >= 15 is 0 Å². The first-order valence-electron chi connectivity index (χ1n) is 18.6. The number of carbonyl (C=O) groups excluding carboxylic acids is 4. The van der Waals surface area contributed by atoms with Gasteiger partial charge in [-0.25, -0.2) is 0 Å². The lowest BCUT2D eigenvalue weighted by Crippen LogP contribution is -2.57. The van der Waals surface area contributed by atoms with Crippen molar-refractivity contribution < 1.29 is 19.2 Å². The Morgan fingerprint density at radius 2 is 1.18 bits per heavy atom. The predicted molar refractivity (Wildman–Crippen MR) is 208 cm³/mol. The molecule has 0 aliphatic heterocycles. The van der Waals surface area contributed by atoms with E-state index in [1.54, 1.807) is 0 Å². The van der Waals surface area contributed by atoms with E-state index in [4.69, 9.17) is 40.3 Å². The van der Waals surface area contributed by atoms with Gasteiger partial charge in [0.15, 0.2) is 11.9 Å². The molecule has 0 aromatic carbocycles. The van der Waals surface area contributed by atoms with Crippen LogP contribution in [0.15, 0.2) is 22.3 Å². The van der Waals surface area contributed by atoms with Crippen LogP contribution in [0.5, 0.6) is 0 Å². The number of halogens is 1. The van der Waals surface area contributed by atoms with E-state index in [2.05, 4.69) is 44.8 Å². The fourth-order valence-corrected chi connectivity index (χ4v) is 5.57. The molecule has 294 valence electrons. The van der Waals surface area contributed by atoms with E-state index in [9.17, 15) is 19.2 Å². The summed E-state index contributed by atoms with van der Waals surface area (Å²) in [4.78, 5) is 60.4. The second-order valence-corrected chi connectivity index (χ2v) is 13.7. The summed E-state index contributed by atoms with van der Waals surface area (Å²) < 4.78 is 0. The first-order valence-corrected chi connectivity index (χ1v) is 19.0. The van der Waals surface area contributed by atoms with E-state index in [0.717, 1.165) is 25.7 Å². The number of nitrogens with one attached hydrogen (secondary N) is 4. The van der Waals surface area contributed by atoms with Gasteiger partial charge in [-0.15, -0.1) is 0 Å². The summed E-state index contributed by atoms with van der Waals surface area (Å²) >= 11 is 5.88. The Morgan fingerprint density at radius 3 is 1.69 bits per heavy atom. The van der Waals surface area contributed by atoms with Crippen LogP contribution in [0.25, 0.3) is 0 Å². The Labute approximate surface area is 310 Å². The minimum Gasteiger partial charge on any atom is -0.376 e. The molecule has 15 nitrogen and oxygen atoms in total. The summed E-state index contributed by atoms with van der Waals surface area (Å²) in [5.74, 6) is -1.56. The third-order valence-corrected chi connectivity index (χ3v) is 8.63. The maximum Gasteiger partial charge on any atom is 0.243 e. The number of rotatable bonds is 31. The van der Waals surface area contributed by atoms with Crippen molar-refractivity contribution in [2.45, 2.75) is 148 Å². The van der Waals surface area contributed by atoms with Gasteiger partial charge in [0.1, 0.15) is 18.1 Å². The van der Waals surface area contributed by atoms with Crippen molar-refractivity contribution in [1.82, 2.24) is 21.3 Å². The quantitative estimate of drug-likeness (QED) is 0.0216. The van der Waals surface area contributed by atoms with E-state index in [1.165, 1.54) is 25.7 Å². The maximum absolute atomic E-state index is 13.7. The number of aliphatic imine (C=N–C) groups is 2. The predicted octanol–water partition coefficient (Wildman–Crippen LogP) is 2.10. The minimum absolute atomic E-state index is 0.0472. The summed E-state index contributed by atoms with van der Waals surface area (Å²) in [7, 11) is 0. The highest BCUT2D eigenvalue weighted by atomic mass is 35.5. The van der Waals surface area contributed by atoms with Gasteiger partial charge in [0.05, 0.1) is 6.04 Å². The van der Waals surface area contributed by atoms with Gasteiger partial charge in [-0.05, 0) is 75.4 Å². The summed E-state index contributed by atoms with van der Waals surface area (Å²) in [6.07, 6.45) is 12.5. The Bertz CT molecular complexity index is 1100. The molecule has 51 heavy (non-hydrogen) atoms. The molecule has 0 aliphatic carbocycles. The lowest BCUT2D eigenvalue weighted by Gasteiger charge is -2.29. The SMILES string of the molecule is C=C(N[C@@H](CCCN=C(N)N)C(=O)Cl)[C@@H](CCCCN)NC(=O)[C@H](NC(=O)[C@H](CCCN=C(N)N)NC(=O)CCCCCCCCCC)C(C)C. The van der Waals surface area contributed by atoms with Gasteiger partial charge in [-0.1, -0.05) is 72.3 Å². The molecule has 0 unspecified atom stereocenters. The van der Waals surface area contributed by atoms with Crippen LogP contribution in [0.1, 0.15) is 124 Å². The molecule has 0 fully saturated rings. The van der Waals surface area contributed by atoms with E-state index in [1.807, 2.05) is 13.8 Å². The van der Waals surface area contributed by atoms with Crippen molar-refractivity contribution in [2.24, 2.45) is 44.6 Å². The number of guanidine groups is 2. The van der Waals surface area contributed by atoms with Gasteiger partial charge in [-0.3, -0.25) is 29.2 Å². The second kappa shape index (κ2) is 29.0. The standard InChI is InChI=1S/C35H68ClN11O4/c1-5-6-7-8-9-10-11-12-20-29(48)45-28(19-16-23-43-35(40)41)32(50)47-30(24(2)3)33(51)46-26(17-13-14-21-37)25(4)44-27(31(36)49)18-15-22-42-34(38)39/h24,26-28,30,44H,4-23,37H2,1-3H3,(H,45,48)(H,46,51)(H,47,50)(H4,38,39,42)(H4,40,41,43)/t26-,27+,28+,30-/m1/s1. The average molecular weight is 742 g/mol. The number of nitrogens with zero attached hydrogens (tertiary/aromatic N) is 2. The van der Waals surface area contributed by atoms with Crippen molar-refractivity contribution in [3.63, 3.8) is 0 Å².